The molecule has 1 heterocycles. The normalized spacial score (nSPS) is 21.1. The molecule has 1 aliphatic rings. The third-order valence-corrected chi connectivity index (χ3v) is 5.27. The minimum Gasteiger partial charge on any atom is -0.497 e. The van der Waals surface area contributed by atoms with Crippen molar-refractivity contribution in [3.8, 4) is 5.75 Å². The van der Waals surface area contributed by atoms with Crippen LogP contribution in [0.2, 0.25) is 0 Å². The Morgan fingerprint density at radius 1 is 1.41 bits per heavy atom. The second-order valence-corrected chi connectivity index (χ2v) is 6.76. The lowest BCUT2D eigenvalue weighted by atomic mass is 10.1. The van der Waals surface area contributed by atoms with Crippen LogP contribution in [0.15, 0.2) is 24.3 Å². The second-order valence-electron chi connectivity index (χ2n) is 5.47. The molecule has 1 aromatic rings. The summed E-state index contributed by atoms with van der Waals surface area (Å²) in [6, 6.07) is 8.01. The van der Waals surface area contributed by atoms with Crippen LogP contribution < -0.4 is 4.74 Å². The van der Waals surface area contributed by atoms with E-state index in [0.717, 1.165) is 24.3 Å². The molecule has 0 unspecified atom stereocenters. The molecule has 6 heteroatoms. The van der Waals surface area contributed by atoms with Crippen LogP contribution in [-0.2, 0) is 5.75 Å². The zero-order valence-electron chi connectivity index (χ0n) is 12.8. The summed E-state index contributed by atoms with van der Waals surface area (Å²) >= 11 is 1.80. The lowest BCUT2D eigenvalue weighted by molar-refractivity contribution is 0.135. The van der Waals surface area contributed by atoms with Gasteiger partial charge in [-0.25, -0.2) is 4.79 Å². The standard InChI is InChI=1S/C16H23NO4S/c1-21-14-6-4-12(5-7-14)11-22-15-9-13(3-2-8-18)17(10-15)16(19)20/h4-7,13,15,18H,2-3,8-11H2,1H3,(H,19,20)/t13-,15-/m1/s1. The van der Waals surface area contributed by atoms with Crippen LogP contribution >= 0.6 is 11.8 Å². The molecule has 122 valence electrons. The molecule has 1 saturated heterocycles. The van der Waals surface area contributed by atoms with E-state index in [1.807, 2.05) is 24.3 Å². The summed E-state index contributed by atoms with van der Waals surface area (Å²) in [7, 11) is 1.65. The van der Waals surface area contributed by atoms with Gasteiger partial charge in [0.2, 0.25) is 0 Å². The molecule has 2 atom stereocenters. The van der Waals surface area contributed by atoms with Crippen molar-refractivity contribution in [1.29, 1.82) is 0 Å². The number of carbonyl (C=O) groups is 1. The van der Waals surface area contributed by atoms with Crippen LogP contribution in [0.5, 0.6) is 5.75 Å². The van der Waals surface area contributed by atoms with Gasteiger partial charge < -0.3 is 19.8 Å². The van der Waals surface area contributed by atoms with Gasteiger partial charge in [0.1, 0.15) is 5.75 Å². The van der Waals surface area contributed by atoms with E-state index in [-0.39, 0.29) is 12.6 Å². The Hall–Kier alpha value is -1.40. The lowest BCUT2D eigenvalue weighted by Gasteiger charge is -2.20. The molecule has 0 radical (unpaired) electrons. The fraction of sp³-hybridized carbons (Fsp3) is 0.562. The van der Waals surface area contributed by atoms with E-state index in [1.54, 1.807) is 18.9 Å². The van der Waals surface area contributed by atoms with Crippen LogP contribution in [0.3, 0.4) is 0 Å². The third kappa shape index (κ3) is 4.55. The third-order valence-electron chi connectivity index (χ3n) is 3.96. The average molecular weight is 325 g/mol. The van der Waals surface area contributed by atoms with E-state index in [0.29, 0.717) is 18.2 Å². The summed E-state index contributed by atoms with van der Waals surface area (Å²) in [5.41, 5.74) is 1.21. The summed E-state index contributed by atoms with van der Waals surface area (Å²) in [4.78, 5) is 12.8. The Kier molecular flexibility index (Phi) is 6.39. The van der Waals surface area contributed by atoms with E-state index in [4.69, 9.17) is 9.84 Å². The predicted molar refractivity (Wildman–Crippen MR) is 87.5 cm³/mol. The van der Waals surface area contributed by atoms with Crippen molar-refractivity contribution >= 4 is 17.9 Å². The van der Waals surface area contributed by atoms with Crippen molar-refractivity contribution in [3.05, 3.63) is 29.8 Å². The Morgan fingerprint density at radius 2 is 2.14 bits per heavy atom. The first-order valence-corrected chi connectivity index (χ1v) is 8.54. The Labute approximate surface area is 135 Å². The van der Waals surface area contributed by atoms with Crippen LogP contribution in [0.25, 0.3) is 0 Å². The zero-order valence-corrected chi connectivity index (χ0v) is 13.6. The van der Waals surface area contributed by atoms with Crippen LogP contribution in [-0.4, -0.2) is 52.8 Å². The van der Waals surface area contributed by atoms with Gasteiger partial charge in [-0.1, -0.05) is 12.1 Å². The van der Waals surface area contributed by atoms with Crippen LogP contribution in [0.1, 0.15) is 24.8 Å². The number of aliphatic hydroxyl groups excluding tert-OH is 1. The van der Waals surface area contributed by atoms with Crippen LogP contribution in [0, 0.1) is 0 Å². The van der Waals surface area contributed by atoms with E-state index < -0.39 is 6.09 Å². The molecule has 1 fully saturated rings. The van der Waals surface area contributed by atoms with Gasteiger partial charge in [0.25, 0.3) is 0 Å². The maximum Gasteiger partial charge on any atom is 0.407 e. The highest BCUT2D eigenvalue weighted by atomic mass is 32.2. The molecule has 0 aliphatic carbocycles. The molecule has 0 bridgehead atoms. The molecule has 22 heavy (non-hydrogen) atoms. The number of methoxy groups -OCH3 is 1. The quantitative estimate of drug-likeness (QED) is 0.807. The molecule has 2 rings (SSSR count). The molecular formula is C16H23NO4S. The molecule has 2 N–H and O–H groups in total. The number of carboxylic acid groups (broad SMARTS) is 1. The SMILES string of the molecule is COc1ccc(CS[C@@H]2C[C@@H](CCCO)N(C(=O)O)C2)cc1. The number of hydrogen-bond donors (Lipinski definition) is 2. The topological polar surface area (TPSA) is 70.0 Å². The minimum absolute atomic E-state index is 0.0398. The van der Waals surface area contributed by atoms with E-state index >= 15 is 0 Å². The molecular weight excluding hydrogens is 302 g/mol. The van der Waals surface area contributed by atoms with Crippen molar-refractivity contribution < 1.29 is 19.7 Å². The maximum absolute atomic E-state index is 11.3. The number of likely N-dealkylation sites (tertiary alicyclic amines) is 1. The van der Waals surface area contributed by atoms with Crippen molar-refractivity contribution in [3.63, 3.8) is 0 Å². The van der Waals surface area contributed by atoms with Crippen molar-refractivity contribution in [1.82, 2.24) is 4.90 Å². The molecule has 5 nitrogen and oxygen atoms in total. The number of amides is 1. The van der Waals surface area contributed by atoms with Gasteiger partial charge in [0, 0.05) is 30.2 Å². The molecule has 0 saturated carbocycles. The molecule has 0 spiro atoms. The van der Waals surface area contributed by atoms with Gasteiger partial charge in [-0.15, -0.1) is 0 Å². The summed E-state index contributed by atoms with van der Waals surface area (Å²) in [5.74, 6) is 1.71. The van der Waals surface area contributed by atoms with E-state index in [1.165, 1.54) is 10.5 Å². The molecule has 1 aliphatic heterocycles. The number of ether oxygens (including phenoxy) is 1. The second kappa shape index (κ2) is 8.29. The van der Waals surface area contributed by atoms with Crippen molar-refractivity contribution in [2.45, 2.75) is 36.3 Å². The van der Waals surface area contributed by atoms with E-state index in [9.17, 15) is 9.90 Å². The monoisotopic (exact) mass is 325 g/mol. The van der Waals surface area contributed by atoms with Gasteiger partial charge in [0.15, 0.2) is 0 Å². The number of hydrogen-bond acceptors (Lipinski definition) is 4. The minimum atomic E-state index is -0.851. The predicted octanol–water partition coefficient (Wildman–Crippen LogP) is 2.82. The highest BCUT2D eigenvalue weighted by molar-refractivity contribution is 7.99. The number of rotatable bonds is 7. The first-order chi connectivity index (χ1) is 10.6. The summed E-state index contributed by atoms with van der Waals surface area (Å²) in [6.45, 7) is 0.694. The summed E-state index contributed by atoms with van der Waals surface area (Å²) in [5, 5.41) is 18.5. The van der Waals surface area contributed by atoms with Gasteiger partial charge >= 0.3 is 6.09 Å². The lowest BCUT2D eigenvalue weighted by Crippen LogP contribution is -2.34. The number of benzene rings is 1. The Bertz CT molecular complexity index is 480. The zero-order chi connectivity index (χ0) is 15.9. The van der Waals surface area contributed by atoms with Crippen molar-refractivity contribution in [2.24, 2.45) is 0 Å². The fourth-order valence-corrected chi connectivity index (χ4v) is 4.01. The number of thioether (sulfide) groups is 1. The fourth-order valence-electron chi connectivity index (χ4n) is 2.77. The molecule has 1 amide bonds. The average Bonchev–Trinajstić information content (AvgIpc) is 2.95. The highest BCUT2D eigenvalue weighted by Gasteiger charge is 2.34. The Morgan fingerprint density at radius 3 is 2.73 bits per heavy atom. The largest absolute Gasteiger partial charge is 0.497 e. The first kappa shape index (κ1) is 17.0. The number of aliphatic hydroxyl groups is 1. The van der Waals surface area contributed by atoms with Crippen LogP contribution in [0.4, 0.5) is 4.79 Å². The summed E-state index contributed by atoms with van der Waals surface area (Å²) < 4.78 is 5.14. The summed E-state index contributed by atoms with van der Waals surface area (Å²) in [6.07, 6.45) is 1.41. The number of nitrogens with zero attached hydrogens (tertiary/aromatic N) is 1. The smallest absolute Gasteiger partial charge is 0.407 e. The van der Waals surface area contributed by atoms with Crippen molar-refractivity contribution in [2.75, 3.05) is 20.3 Å². The van der Waals surface area contributed by atoms with Gasteiger partial charge in [-0.2, -0.15) is 11.8 Å². The van der Waals surface area contributed by atoms with Gasteiger partial charge in [0.05, 0.1) is 7.11 Å². The Balaban J connectivity index is 1.86. The molecule has 0 aromatic heterocycles. The maximum atomic E-state index is 11.3. The first-order valence-electron chi connectivity index (χ1n) is 7.49. The molecule has 1 aromatic carbocycles. The van der Waals surface area contributed by atoms with Gasteiger partial charge in [-0.05, 0) is 37.0 Å². The van der Waals surface area contributed by atoms with Gasteiger partial charge in [-0.3, -0.25) is 0 Å². The van der Waals surface area contributed by atoms with E-state index in [2.05, 4.69) is 0 Å². The highest BCUT2D eigenvalue weighted by Crippen LogP contribution is 2.32.